The Morgan fingerprint density at radius 2 is 1.90 bits per heavy atom. The van der Waals surface area contributed by atoms with E-state index in [1.165, 1.54) is 6.42 Å². The summed E-state index contributed by atoms with van der Waals surface area (Å²) in [5.41, 5.74) is 0.0629. The number of rotatable bonds is 6. The Morgan fingerprint density at radius 3 is 2.45 bits per heavy atom. The van der Waals surface area contributed by atoms with Crippen molar-refractivity contribution in [3.8, 4) is 0 Å². The Bertz CT molecular complexity index is 885. The molecule has 0 spiro atoms. The lowest BCUT2D eigenvalue weighted by molar-refractivity contribution is -0.136. The molecule has 0 bridgehead atoms. The number of unbranched alkanes of at least 4 members (excludes halogenated alkanes) is 1. The molecule has 2 saturated carbocycles. The van der Waals surface area contributed by atoms with Crippen LogP contribution in [0.3, 0.4) is 0 Å². The zero-order valence-corrected chi connectivity index (χ0v) is 21.3. The summed E-state index contributed by atoms with van der Waals surface area (Å²) in [7, 11) is 0. The average Bonchev–Trinajstić information content (AvgIpc) is 3.15. The summed E-state index contributed by atoms with van der Waals surface area (Å²) in [5.74, 6) is -0.0895. The van der Waals surface area contributed by atoms with Gasteiger partial charge in [-0.05, 0) is 82.7 Å². The summed E-state index contributed by atoms with van der Waals surface area (Å²) in [6, 6.07) is 0.329. The Morgan fingerprint density at radius 1 is 1.23 bits per heavy atom. The molecule has 3 rings (SSSR count). The molecule has 0 aromatic carbocycles. The minimum atomic E-state index is -0.632. The van der Waals surface area contributed by atoms with Crippen LogP contribution in [0.4, 0.5) is 0 Å². The number of aryl methyl sites for hydroxylation is 1. The van der Waals surface area contributed by atoms with E-state index in [0.29, 0.717) is 12.5 Å². The number of aromatic nitrogens is 1. The Balaban J connectivity index is 1.88. The van der Waals surface area contributed by atoms with E-state index in [1.54, 1.807) is 11.5 Å². The van der Waals surface area contributed by atoms with E-state index < -0.39 is 10.8 Å². The minimum Gasteiger partial charge on any atom is -0.353 e. The molecule has 1 aromatic heterocycles. The minimum absolute atomic E-state index is 0.0380. The molecule has 31 heavy (non-hydrogen) atoms. The van der Waals surface area contributed by atoms with Gasteiger partial charge in [0.05, 0.1) is 5.41 Å². The third kappa shape index (κ3) is 4.69. The number of hydrogen-bond donors (Lipinski definition) is 1. The highest BCUT2D eigenvalue weighted by molar-refractivity contribution is 7.04. The lowest BCUT2D eigenvalue weighted by Crippen LogP contribution is -2.48. The summed E-state index contributed by atoms with van der Waals surface area (Å²) in [4.78, 5) is 31.3. The van der Waals surface area contributed by atoms with Crippen molar-refractivity contribution in [2.24, 2.45) is 21.7 Å². The van der Waals surface area contributed by atoms with Gasteiger partial charge in [0.2, 0.25) is 5.91 Å². The van der Waals surface area contributed by atoms with Crippen LogP contribution < -0.4 is 9.99 Å². The summed E-state index contributed by atoms with van der Waals surface area (Å²) in [6.07, 6.45) is 10.1. The van der Waals surface area contributed by atoms with Crippen LogP contribution in [0.5, 0.6) is 0 Å². The smallest absolute Gasteiger partial charge is 0.253 e. The summed E-state index contributed by atoms with van der Waals surface area (Å²) >= 11 is 1.58. The van der Waals surface area contributed by atoms with Gasteiger partial charge in [-0.25, -0.2) is 4.99 Å². The van der Waals surface area contributed by atoms with Gasteiger partial charge in [-0.3, -0.25) is 13.5 Å². The largest absolute Gasteiger partial charge is 0.353 e. The van der Waals surface area contributed by atoms with Crippen LogP contribution in [0.1, 0.15) is 99.0 Å². The molecule has 5 nitrogen and oxygen atoms in total. The molecule has 2 aliphatic carbocycles. The fourth-order valence-corrected chi connectivity index (χ4v) is 5.78. The van der Waals surface area contributed by atoms with Gasteiger partial charge in [0.25, 0.3) is 5.91 Å². The van der Waals surface area contributed by atoms with Crippen LogP contribution in [-0.4, -0.2) is 21.8 Å². The molecule has 0 unspecified atom stereocenters. The molecule has 2 fully saturated rings. The maximum absolute atomic E-state index is 13.6. The molecule has 0 aliphatic heterocycles. The van der Waals surface area contributed by atoms with Gasteiger partial charge in [0, 0.05) is 29.3 Å². The number of nitrogens with zero attached hydrogens (tertiary/aromatic N) is 2. The van der Waals surface area contributed by atoms with Gasteiger partial charge in [-0.1, -0.05) is 34.1 Å². The van der Waals surface area contributed by atoms with Crippen molar-refractivity contribution in [2.45, 2.75) is 111 Å². The molecule has 1 heterocycles. The molecule has 2 aliphatic rings. The van der Waals surface area contributed by atoms with E-state index in [1.807, 2.05) is 6.92 Å². The fourth-order valence-electron chi connectivity index (χ4n) is 4.75. The van der Waals surface area contributed by atoms with Crippen LogP contribution in [0, 0.1) is 16.7 Å². The van der Waals surface area contributed by atoms with Crippen molar-refractivity contribution >= 4 is 23.3 Å². The number of nitrogens with one attached hydrogen (secondary N) is 1. The van der Waals surface area contributed by atoms with E-state index in [0.717, 1.165) is 48.8 Å². The van der Waals surface area contributed by atoms with Gasteiger partial charge >= 0.3 is 0 Å². The third-order valence-corrected chi connectivity index (χ3v) is 9.24. The number of carbonyl (C=O) groups excluding carboxylic acids is 2. The number of amides is 2. The van der Waals surface area contributed by atoms with E-state index >= 15 is 0 Å². The quantitative estimate of drug-likeness (QED) is 0.652. The van der Waals surface area contributed by atoms with Gasteiger partial charge in [-0.2, -0.15) is 0 Å². The standard InChI is InChI=1S/C25H41N3O2S/c1-8-9-11-17-16-28(23(2,3)4)31-21(17)27-22(30)25(7)15-14-19(24(25,5)6)20(29)26-18-12-10-13-18/h16,18-19H,8-15H2,1-7H3,(H,26,29)/t19-,25+/m0/s1. The Kier molecular flexibility index (Phi) is 6.90. The number of hydrogen-bond acceptors (Lipinski definition) is 3. The molecule has 1 N–H and O–H groups in total. The molecule has 0 radical (unpaired) electrons. The van der Waals surface area contributed by atoms with Crippen LogP contribution >= 0.6 is 11.5 Å². The monoisotopic (exact) mass is 447 g/mol. The molecular weight excluding hydrogens is 406 g/mol. The third-order valence-electron chi connectivity index (χ3n) is 7.86. The maximum Gasteiger partial charge on any atom is 0.253 e. The topological polar surface area (TPSA) is 63.5 Å². The highest BCUT2D eigenvalue weighted by Gasteiger charge is 2.58. The summed E-state index contributed by atoms with van der Waals surface area (Å²) < 4.78 is 3.05. The van der Waals surface area contributed by atoms with Crippen molar-refractivity contribution in [1.29, 1.82) is 0 Å². The van der Waals surface area contributed by atoms with E-state index in [9.17, 15) is 9.59 Å². The molecule has 0 saturated heterocycles. The zero-order valence-electron chi connectivity index (χ0n) is 20.5. The lowest BCUT2D eigenvalue weighted by atomic mass is 9.65. The molecule has 2 atom stereocenters. The Labute approximate surface area is 191 Å². The first kappa shape index (κ1) is 24.2. The predicted octanol–water partition coefficient (Wildman–Crippen LogP) is 5.19. The first-order valence-corrected chi connectivity index (χ1v) is 12.8. The maximum atomic E-state index is 13.6. The lowest BCUT2D eigenvalue weighted by Gasteiger charge is -2.39. The van der Waals surface area contributed by atoms with Crippen LogP contribution in [0.2, 0.25) is 0 Å². The molecule has 6 heteroatoms. The van der Waals surface area contributed by atoms with Gasteiger partial charge < -0.3 is 5.32 Å². The molecular formula is C25H41N3O2S. The van der Waals surface area contributed by atoms with Crippen LogP contribution in [0.25, 0.3) is 0 Å². The highest BCUT2D eigenvalue weighted by Crippen LogP contribution is 2.56. The van der Waals surface area contributed by atoms with Crippen molar-refractivity contribution < 1.29 is 9.59 Å². The predicted molar refractivity (Wildman–Crippen MR) is 127 cm³/mol. The van der Waals surface area contributed by atoms with Gasteiger partial charge in [0.15, 0.2) is 0 Å². The van der Waals surface area contributed by atoms with Crippen LogP contribution in [0.15, 0.2) is 11.2 Å². The van der Waals surface area contributed by atoms with Crippen LogP contribution in [-0.2, 0) is 21.5 Å². The van der Waals surface area contributed by atoms with E-state index in [-0.39, 0.29) is 23.3 Å². The SMILES string of the molecule is CCCCc1cn(C(C)(C)C)sc1=NC(=O)[C@@]1(C)CC[C@@H](C(=O)NC2CCC2)C1(C)C. The van der Waals surface area contributed by atoms with Gasteiger partial charge in [-0.15, -0.1) is 0 Å². The van der Waals surface area contributed by atoms with Crippen molar-refractivity contribution in [1.82, 2.24) is 9.27 Å². The first-order chi connectivity index (χ1) is 14.4. The normalized spacial score (nSPS) is 26.7. The van der Waals surface area contributed by atoms with Crippen molar-refractivity contribution in [2.75, 3.05) is 0 Å². The van der Waals surface area contributed by atoms with Crippen molar-refractivity contribution in [3.63, 3.8) is 0 Å². The summed E-state index contributed by atoms with van der Waals surface area (Å²) in [5, 5.41) is 3.21. The number of carbonyl (C=O) groups is 2. The molecule has 2 amide bonds. The van der Waals surface area contributed by atoms with E-state index in [2.05, 4.69) is 57.0 Å². The molecule has 174 valence electrons. The first-order valence-electron chi connectivity index (χ1n) is 12.0. The zero-order chi connectivity index (χ0) is 23.0. The van der Waals surface area contributed by atoms with E-state index in [4.69, 9.17) is 4.99 Å². The Hall–Kier alpha value is -1.43. The van der Waals surface area contributed by atoms with Crippen molar-refractivity contribution in [3.05, 3.63) is 16.4 Å². The molecule has 1 aromatic rings. The second-order valence-electron chi connectivity index (χ2n) is 11.3. The average molecular weight is 448 g/mol. The summed E-state index contributed by atoms with van der Waals surface area (Å²) in [6.45, 7) is 14.9. The fraction of sp³-hybridized carbons (Fsp3) is 0.800. The second-order valence-corrected chi connectivity index (χ2v) is 12.3. The van der Waals surface area contributed by atoms with Gasteiger partial charge in [0.1, 0.15) is 4.67 Å². The second kappa shape index (κ2) is 8.84. The highest BCUT2D eigenvalue weighted by atomic mass is 32.1.